The van der Waals surface area contributed by atoms with E-state index < -0.39 is 8.32 Å². The van der Waals surface area contributed by atoms with Crippen LogP contribution in [0.15, 0.2) is 54.6 Å². The van der Waals surface area contributed by atoms with Gasteiger partial charge in [-0.15, -0.1) is 0 Å². The molecule has 34 heavy (non-hydrogen) atoms. The maximum absolute atomic E-state index is 10.5. The molecule has 0 aliphatic carbocycles. The van der Waals surface area contributed by atoms with E-state index in [1.54, 1.807) is 0 Å². The summed E-state index contributed by atoms with van der Waals surface area (Å²) in [6.45, 7) is 12.4. The van der Waals surface area contributed by atoms with Crippen LogP contribution in [0.4, 0.5) is 0 Å². The molecule has 2 bridgehead atoms. The quantitative estimate of drug-likeness (QED) is 0.404. The van der Waals surface area contributed by atoms with E-state index in [0.717, 1.165) is 19.4 Å². The van der Waals surface area contributed by atoms with Crippen molar-refractivity contribution in [2.75, 3.05) is 0 Å². The third-order valence-corrected chi connectivity index (χ3v) is 13.2. The van der Waals surface area contributed by atoms with Gasteiger partial charge in [0.1, 0.15) is 0 Å². The van der Waals surface area contributed by atoms with Crippen LogP contribution in [-0.2, 0) is 24.4 Å². The fourth-order valence-corrected chi connectivity index (χ4v) is 7.26. The van der Waals surface area contributed by atoms with E-state index in [4.69, 9.17) is 4.43 Å². The van der Waals surface area contributed by atoms with Crippen molar-refractivity contribution in [2.45, 2.75) is 76.5 Å². The van der Waals surface area contributed by atoms with Crippen LogP contribution < -0.4 is 0 Å². The molecule has 3 heterocycles. The maximum atomic E-state index is 10.5. The summed E-state index contributed by atoms with van der Waals surface area (Å²) in [4.78, 5) is 2.61. The molecule has 0 N–H and O–H groups in total. The summed E-state index contributed by atoms with van der Waals surface area (Å²) in [6, 6.07) is 22.6. The Bertz CT molecular complexity index is 1230. The first-order valence-corrected chi connectivity index (χ1v) is 15.5. The average Bonchev–Trinajstić information content (AvgIpc) is 3.06. The molecule has 0 radical (unpaired) electrons. The molecule has 1 fully saturated rings. The first-order valence-electron chi connectivity index (χ1n) is 12.6. The highest BCUT2D eigenvalue weighted by atomic mass is 28.4. The minimum atomic E-state index is -2.01. The number of para-hydroxylation sites is 1. The molecule has 2 aromatic carbocycles. The van der Waals surface area contributed by atoms with E-state index >= 15 is 0 Å². The summed E-state index contributed by atoms with van der Waals surface area (Å²) < 4.78 is 9.39. The Morgan fingerprint density at radius 2 is 1.74 bits per heavy atom. The highest BCUT2D eigenvalue weighted by Crippen LogP contribution is 2.50. The van der Waals surface area contributed by atoms with Gasteiger partial charge in [-0.25, -0.2) is 0 Å². The molecule has 2 aliphatic rings. The van der Waals surface area contributed by atoms with Crippen LogP contribution in [0.3, 0.4) is 0 Å². The number of aryl methyl sites for hydroxylation is 1. The van der Waals surface area contributed by atoms with Crippen molar-refractivity contribution in [1.29, 1.82) is 5.26 Å². The van der Waals surface area contributed by atoms with Gasteiger partial charge in [-0.2, -0.15) is 5.26 Å². The van der Waals surface area contributed by atoms with Gasteiger partial charge >= 0.3 is 0 Å². The molecular formula is C29H37N3OSi. The Kier molecular flexibility index (Phi) is 5.75. The summed E-state index contributed by atoms with van der Waals surface area (Å²) in [6.07, 6.45) is 1.74. The van der Waals surface area contributed by atoms with Gasteiger partial charge in [-0.3, -0.25) is 4.90 Å². The molecule has 4 atom stereocenters. The highest BCUT2D eigenvalue weighted by Gasteiger charge is 2.51. The zero-order chi connectivity index (χ0) is 24.3. The molecule has 3 aromatic rings. The van der Waals surface area contributed by atoms with Crippen molar-refractivity contribution >= 4 is 19.2 Å². The summed E-state index contributed by atoms with van der Waals surface area (Å²) >= 11 is 0. The number of benzene rings is 2. The Hall–Kier alpha value is -2.39. The second-order valence-corrected chi connectivity index (χ2v) is 16.4. The number of hydrogen-bond acceptors (Lipinski definition) is 3. The lowest BCUT2D eigenvalue weighted by molar-refractivity contribution is -0.0395. The molecule has 4 nitrogen and oxygen atoms in total. The molecule has 0 unspecified atom stereocenters. The van der Waals surface area contributed by atoms with Gasteiger partial charge in [-0.1, -0.05) is 69.3 Å². The van der Waals surface area contributed by atoms with E-state index in [1.807, 2.05) is 0 Å². The lowest BCUT2D eigenvalue weighted by atomic mass is 9.75. The number of nitrogens with zero attached hydrogens (tertiary/aromatic N) is 3. The molecular weight excluding hydrogens is 434 g/mol. The monoisotopic (exact) mass is 471 g/mol. The second-order valence-electron chi connectivity index (χ2n) is 11.7. The number of aromatic nitrogens is 1. The van der Waals surface area contributed by atoms with Gasteiger partial charge < -0.3 is 8.99 Å². The van der Waals surface area contributed by atoms with Crippen LogP contribution >= 0.6 is 0 Å². The Balaban J connectivity index is 1.61. The lowest BCUT2D eigenvalue weighted by Gasteiger charge is -2.53. The number of piperidine rings is 1. The maximum Gasteiger partial charge on any atom is 0.192 e. The molecule has 0 saturated carbocycles. The SMILES string of the molecule is Cn1c2c(c3ccccc31)C[C@H]1[C@@H](C#N)[C@H](O[Si](C)(C)C(C)(C)C)C[C@@H]2N1Cc1ccccc1. The van der Waals surface area contributed by atoms with E-state index in [1.165, 1.54) is 27.7 Å². The Morgan fingerprint density at radius 1 is 1.06 bits per heavy atom. The zero-order valence-electron chi connectivity index (χ0n) is 21.4. The zero-order valence-corrected chi connectivity index (χ0v) is 22.4. The van der Waals surface area contributed by atoms with Crippen molar-refractivity contribution in [1.82, 2.24) is 9.47 Å². The predicted octanol–water partition coefficient (Wildman–Crippen LogP) is 6.58. The van der Waals surface area contributed by atoms with Gasteiger partial charge in [0, 0.05) is 36.2 Å². The molecule has 5 rings (SSSR count). The Labute approximate surface area is 205 Å². The topological polar surface area (TPSA) is 41.2 Å². The molecule has 1 saturated heterocycles. The van der Waals surface area contributed by atoms with E-state index in [0.29, 0.717) is 0 Å². The van der Waals surface area contributed by atoms with Crippen LogP contribution in [0, 0.1) is 17.2 Å². The summed E-state index contributed by atoms with van der Waals surface area (Å²) in [5.41, 5.74) is 5.44. The minimum Gasteiger partial charge on any atom is -0.412 e. The third kappa shape index (κ3) is 3.73. The van der Waals surface area contributed by atoms with Gasteiger partial charge in [0.25, 0.3) is 0 Å². The predicted molar refractivity (Wildman–Crippen MR) is 141 cm³/mol. The molecule has 178 valence electrons. The molecule has 0 amide bonds. The normalized spacial score (nSPS) is 25.2. The first kappa shape index (κ1) is 23.4. The summed E-state index contributed by atoms with van der Waals surface area (Å²) in [5.74, 6) is -0.138. The summed E-state index contributed by atoms with van der Waals surface area (Å²) in [7, 11) is 0.203. The fraction of sp³-hybridized carbons (Fsp3) is 0.483. The number of nitriles is 1. The standard InChI is InChI=1S/C29H37N3OSi/c1-29(2,3)34(5,6)33-27-17-26-28-22(21-14-10-11-15-24(21)31(28)4)16-25(23(27)18-30)32(26)19-20-12-8-7-9-13-20/h7-15,23,25-27H,16-17,19H2,1-6H3/t23-,25+,26+,27-/m1/s1. The second kappa shape index (κ2) is 8.37. The lowest BCUT2D eigenvalue weighted by Crippen LogP contribution is -2.58. The van der Waals surface area contributed by atoms with Crippen molar-refractivity contribution in [3.05, 3.63) is 71.4 Å². The van der Waals surface area contributed by atoms with Gasteiger partial charge in [0.2, 0.25) is 0 Å². The molecule has 2 aliphatic heterocycles. The van der Waals surface area contributed by atoms with Gasteiger partial charge in [-0.05, 0) is 48.2 Å². The van der Waals surface area contributed by atoms with Crippen molar-refractivity contribution in [3.63, 3.8) is 0 Å². The van der Waals surface area contributed by atoms with Crippen LogP contribution in [0.25, 0.3) is 10.9 Å². The van der Waals surface area contributed by atoms with Crippen LogP contribution in [0.5, 0.6) is 0 Å². The smallest absolute Gasteiger partial charge is 0.192 e. The third-order valence-electron chi connectivity index (χ3n) is 8.70. The first-order chi connectivity index (χ1) is 16.1. The highest BCUT2D eigenvalue weighted by molar-refractivity contribution is 6.74. The largest absolute Gasteiger partial charge is 0.412 e. The van der Waals surface area contributed by atoms with Gasteiger partial charge in [0.05, 0.1) is 24.1 Å². The molecule has 0 spiro atoms. The number of rotatable bonds is 4. The number of fused-ring (bicyclic) bond motifs is 6. The van der Waals surface area contributed by atoms with Crippen molar-refractivity contribution in [2.24, 2.45) is 13.0 Å². The minimum absolute atomic E-state index is 0.0286. The van der Waals surface area contributed by atoms with E-state index in [2.05, 4.69) is 111 Å². The average molecular weight is 472 g/mol. The van der Waals surface area contributed by atoms with Crippen LogP contribution in [0.2, 0.25) is 18.1 Å². The van der Waals surface area contributed by atoms with Crippen molar-refractivity contribution < 1.29 is 4.43 Å². The van der Waals surface area contributed by atoms with Crippen molar-refractivity contribution in [3.8, 4) is 6.07 Å². The van der Waals surface area contributed by atoms with Gasteiger partial charge in [0.15, 0.2) is 8.32 Å². The molecule has 1 aromatic heterocycles. The van der Waals surface area contributed by atoms with E-state index in [-0.39, 0.29) is 29.1 Å². The van der Waals surface area contributed by atoms with E-state index in [9.17, 15) is 5.26 Å². The number of hydrogen-bond donors (Lipinski definition) is 0. The fourth-order valence-electron chi connectivity index (χ4n) is 5.91. The van der Waals surface area contributed by atoms with Crippen LogP contribution in [0.1, 0.15) is 50.1 Å². The summed E-state index contributed by atoms with van der Waals surface area (Å²) in [5, 5.41) is 11.9. The van der Waals surface area contributed by atoms with Crippen LogP contribution in [-0.4, -0.2) is 29.9 Å². The molecule has 5 heteroatoms. The Morgan fingerprint density at radius 3 is 2.41 bits per heavy atom.